The Morgan fingerprint density at radius 2 is 2.21 bits per heavy atom. The molecule has 0 aliphatic heterocycles. The van der Waals surface area contributed by atoms with Gasteiger partial charge >= 0.3 is 0 Å². The molecule has 0 aromatic rings. The Bertz CT molecular complexity index is 162. The van der Waals surface area contributed by atoms with Gasteiger partial charge in [-0.2, -0.15) is 0 Å². The van der Waals surface area contributed by atoms with Gasteiger partial charge in [-0.3, -0.25) is 4.79 Å². The minimum Gasteiger partial charge on any atom is -0.382 e. The predicted octanol–water partition coefficient (Wildman–Crippen LogP) is -0.905. The average Bonchev–Trinajstić information content (AvgIpc) is 2.09. The van der Waals surface area contributed by atoms with Gasteiger partial charge in [-0.05, 0) is 5.92 Å². The molecule has 0 aliphatic rings. The number of ether oxygens (including phenoxy) is 1. The van der Waals surface area contributed by atoms with Crippen molar-refractivity contribution in [2.45, 2.75) is 20.0 Å². The summed E-state index contributed by atoms with van der Waals surface area (Å²) in [5.74, 6) is -0.188. The lowest BCUT2D eigenvalue weighted by Crippen LogP contribution is -2.38. The number of carbonyl (C=O) groups excluding carboxylic acids is 1. The molecule has 0 heterocycles. The maximum Gasteiger partial charge on any atom is 0.247 e. The number of hydrogen-bond acceptors (Lipinski definition) is 4. The zero-order valence-corrected chi connectivity index (χ0v) is 8.82. The topological polar surface area (TPSA) is 84.6 Å². The highest BCUT2D eigenvalue weighted by Gasteiger charge is 2.08. The van der Waals surface area contributed by atoms with E-state index in [2.05, 4.69) is 19.2 Å². The molecule has 0 aromatic carbocycles. The van der Waals surface area contributed by atoms with Crippen molar-refractivity contribution in [2.75, 3.05) is 26.3 Å². The van der Waals surface area contributed by atoms with Crippen molar-refractivity contribution in [2.24, 2.45) is 11.7 Å². The Morgan fingerprint density at radius 1 is 1.57 bits per heavy atom. The van der Waals surface area contributed by atoms with Crippen LogP contribution in [0.4, 0.5) is 0 Å². The SMILES string of the molecule is CC(C)COCCNCC(O)C(N)=O. The second-order valence-electron chi connectivity index (χ2n) is 3.59. The van der Waals surface area contributed by atoms with E-state index in [1.54, 1.807) is 0 Å². The lowest BCUT2D eigenvalue weighted by Gasteiger charge is -2.09. The number of aliphatic hydroxyl groups excluding tert-OH is 1. The monoisotopic (exact) mass is 204 g/mol. The number of hydrogen-bond donors (Lipinski definition) is 3. The van der Waals surface area contributed by atoms with E-state index in [0.29, 0.717) is 19.1 Å². The van der Waals surface area contributed by atoms with Crippen LogP contribution in [0.2, 0.25) is 0 Å². The molecule has 1 amide bonds. The van der Waals surface area contributed by atoms with Crippen molar-refractivity contribution in [1.29, 1.82) is 0 Å². The summed E-state index contributed by atoms with van der Waals surface area (Å²) < 4.78 is 5.28. The third-order valence-electron chi connectivity index (χ3n) is 1.54. The minimum atomic E-state index is -1.11. The van der Waals surface area contributed by atoms with Crippen molar-refractivity contribution in [1.82, 2.24) is 5.32 Å². The van der Waals surface area contributed by atoms with Gasteiger partial charge in [-0.15, -0.1) is 0 Å². The van der Waals surface area contributed by atoms with E-state index < -0.39 is 12.0 Å². The number of carbonyl (C=O) groups is 1. The van der Waals surface area contributed by atoms with Gasteiger partial charge in [0.1, 0.15) is 6.10 Å². The molecular formula is C9H20N2O3. The summed E-state index contributed by atoms with van der Waals surface area (Å²) in [5.41, 5.74) is 4.86. The number of amides is 1. The molecule has 1 atom stereocenters. The van der Waals surface area contributed by atoms with Crippen LogP contribution in [0.15, 0.2) is 0 Å². The molecule has 5 nitrogen and oxygen atoms in total. The maximum absolute atomic E-state index is 10.4. The molecule has 1 unspecified atom stereocenters. The normalized spacial score (nSPS) is 13.1. The summed E-state index contributed by atoms with van der Waals surface area (Å²) in [6.07, 6.45) is -1.11. The molecule has 0 rings (SSSR count). The van der Waals surface area contributed by atoms with Gasteiger partial charge in [0, 0.05) is 19.7 Å². The lowest BCUT2D eigenvalue weighted by molar-refractivity contribution is -0.125. The van der Waals surface area contributed by atoms with Crippen molar-refractivity contribution in [3.8, 4) is 0 Å². The quantitative estimate of drug-likeness (QED) is 0.447. The highest BCUT2D eigenvalue weighted by molar-refractivity contribution is 5.78. The first-order valence-electron chi connectivity index (χ1n) is 4.80. The lowest BCUT2D eigenvalue weighted by atomic mass is 10.2. The van der Waals surface area contributed by atoms with Gasteiger partial charge in [-0.1, -0.05) is 13.8 Å². The van der Waals surface area contributed by atoms with Crippen molar-refractivity contribution in [3.05, 3.63) is 0 Å². The van der Waals surface area contributed by atoms with E-state index in [4.69, 9.17) is 15.6 Å². The smallest absolute Gasteiger partial charge is 0.247 e. The summed E-state index contributed by atoms with van der Waals surface area (Å²) in [7, 11) is 0. The predicted molar refractivity (Wildman–Crippen MR) is 53.7 cm³/mol. The minimum absolute atomic E-state index is 0.181. The number of nitrogens with two attached hydrogens (primary N) is 1. The van der Waals surface area contributed by atoms with E-state index in [1.807, 2.05) is 0 Å². The van der Waals surface area contributed by atoms with Gasteiger partial charge < -0.3 is 20.9 Å². The molecule has 0 radical (unpaired) electrons. The van der Waals surface area contributed by atoms with Crippen molar-refractivity contribution < 1.29 is 14.6 Å². The van der Waals surface area contributed by atoms with Crippen LogP contribution < -0.4 is 11.1 Å². The first kappa shape index (κ1) is 13.4. The highest BCUT2D eigenvalue weighted by atomic mass is 16.5. The van der Waals surface area contributed by atoms with E-state index in [-0.39, 0.29) is 6.54 Å². The Kier molecular flexibility index (Phi) is 7.37. The van der Waals surface area contributed by atoms with Gasteiger partial charge in [0.2, 0.25) is 5.91 Å². The molecule has 0 saturated heterocycles. The standard InChI is InChI=1S/C9H20N2O3/c1-7(2)6-14-4-3-11-5-8(12)9(10)13/h7-8,11-12H,3-6H2,1-2H3,(H2,10,13). The zero-order valence-electron chi connectivity index (χ0n) is 8.82. The summed E-state index contributed by atoms with van der Waals surface area (Å²) in [6.45, 7) is 6.23. The molecule has 0 aromatic heterocycles. The Hall–Kier alpha value is -0.650. The number of aliphatic hydroxyl groups is 1. The van der Waals surface area contributed by atoms with Crippen LogP contribution in [0.3, 0.4) is 0 Å². The first-order valence-corrected chi connectivity index (χ1v) is 4.80. The number of primary amides is 1. The summed E-state index contributed by atoms with van der Waals surface area (Å²) in [4.78, 5) is 10.4. The highest BCUT2D eigenvalue weighted by Crippen LogP contribution is 1.90. The van der Waals surface area contributed by atoms with E-state index in [1.165, 1.54) is 0 Å². The molecule has 4 N–H and O–H groups in total. The number of nitrogens with one attached hydrogen (secondary N) is 1. The molecule has 84 valence electrons. The fourth-order valence-electron chi connectivity index (χ4n) is 0.803. The van der Waals surface area contributed by atoms with Crippen LogP contribution >= 0.6 is 0 Å². The Morgan fingerprint density at radius 3 is 2.71 bits per heavy atom. The zero-order chi connectivity index (χ0) is 11.0. The van der Waals surface area contributed by atoms with Crippen molar-refractivity contribution >= 4 is 5.91 Å². The molecule has 0 fully saturated rings. The van der Waals surface area contributed by atoms with E-state index in [9.17, 15) is 4.79 Å². The van der Waals surface area contributed by atoms with Crippen LogP contribution in [0, 0.1) is 5.92 Å². The molecule has 5 heteroatoms. The van der Waals surface area contributed by atoms with E-state index >= 15 is 0 Å². The van der Waals surface area contributed by atoms with Crippen LogP contribution in [0.25, 0.3) is 0 Å². The average molecular weight is 204 g/mol. The molecule has 0 spiro atoms. The van der Waals surface area contributed by atoms with Crippen LogP contribution in [-0.2, 0) is 9.53 Å². The van der Waals surface area contributed by atoms with Gasteiger partial charge in [-0.25, -0.2) is 0 Å². The molecule has 14 heavy (non-hydrogen) atoms. The second-order valence-corrected chi connectivity index (χ2v) is 3.59. The third-order valence-corrected chi connectivity index (χ3v) is 1.54. The second kappa shape index (κ2) is 7.73. The Labute approximate surface area is 84.6 Å². The number of rotatable bonds is 8. The first-order chi connectivity index (χ1) is 6.54. The largest absolute Gasteiger partial charge is 0.382 e. The third kappa shape index (κ3) is 7.97. The molecule has 0 aliphatic carbocycles. The van der Waals surface area contributed by atoms with Crippen LogP contribution in [0.5, 0.6) is 0 Å². The fraction of sp³-hybridized carbons (Fsp3) is 0.889. The summed E-state index contributed by atoms with van der Waals surface area (Å²) >= 11 is 0. The molecule has 0 saturated carbocycles. The van der Waals surface area contributed by atoms with Crippen LogP contribution in [-0.4, -0.2) is 43.4 Å². The summed E-state index contributed by atoms with van der Waals surface area (Å²) in [5, 5.41) is 11.9. The van der Waals surface area contributed by atoms with Gasteiger partial charge in [0.15, 0.2) is 0 Å². The van der Waals surface area contributed by atoms with Gasteiger partial charge in [0.05, 0.1) is 6.61 Å². The van der Waals surface area contributed by atoms with Gasteiger partial charge in [0.25, 0.3) is 0 Å². The van der Waals surface area contributed by atoms with E-state index in [0.717, 1.165) is 6.61 Å². The molecular weight excluding hydrogens is 184 g/mol. The fourth-order valence-corrected chi connectivity index (χ4v) is 0.803. The van der Waals surface area contributed by atoms with Crippen molar-refractivity contribution in [3.63, 3.8) is 0 Å². The molecule has 0 bridgehead atoms. The van der Waals surface area contributed by atoms with Crippen LogP contribution in [0.1, 0.15) is 13.8 Å². The summed E-state index contributed by atoms with van der Waals surface area (Å²) in [6, 6.07) is 0. The maximum atomic E-state index is 10.4. The Balaban J connectivity index is 3.17.